The number of carbonyl (C=O) groups is 1. The maximum absolute atomic E-state index is 12.5. The van der Waals surface area contributed by atoms with Gasteiger partial charge in [-0.25, -0.2) is 0 Å². The molecule has 1 N–H and O–H groups in total. The van der Waals surface area contributed by atoms with Crippen LogP contribution in [0.25, 0.3) is 10.9 Å². The van der Waals surface area contributed by atoms with E-state index in [1.54, 1.807) is 0 Å². The number of fused-ring (bicyclic) bond motifs is 1. The molecule has 0 aliphatic carbocycles. The van der Waals surface area contributed by atoms with Gasteiger partial charge in [0.05, 0.1) is 0 Å². The molecule has 86 valence electrons. The normalized spacial score (nSPS) is 9.69. The first-order valence-corrected chi connectivity index (χ1v) is 5.42. The Morgan fingerprint density at radius 2 is 1.88 bits per heavy atom. The zero-order valence-corrected chi connectivity index (χ0v) is 9.59. The lowest BCUT2D eigenvalue weighted by molar-refractivity contribution is -0.118. The number of H-pyrrole nitrogens is 1. The molecule has 16 heavy (non-hydrogen) atoms. The summed E-state index contributed by atoms with van der Waals surface area (Å²) in [4.78, 5) is 12.8. The van der Waals surface area contributed by atoms with Gasteiger partial charge in [0.15, 0.2) is 5.95 Å². The van der Waals surface area contributed by atoms with Gasteiger partial charge < -0.3 is 4.98 Å². The van der Waals surface area contributed by atoms with Crippen molar-refractivity contribution in [2.45, 2.75) is 26.7 Å². The van der Waals surface area contributed by atoms with Crippen LogP contribution < -0.4 is 0 Å². The molecule has 3 heteroatoms. The molecule has 1 aromatic heterocycles. The van der Waals surface area contributed by atoms with Gasteiger partial charge in [-0.1, -0.05) is 32.0 Å². The second-order valence-electron chi connectivity index (χ2n) is 3.45. The lowest BCUT2D eigenvalue weighted by Gasteiger charge is -1.82. The molecule has 1 aromatic carbocycles. The summed E-state index contributed by atoms with van der Waals surface area (Å²) in [6.45, 7) is 3.76. The molecular weight excluding hydrogens is 205 g/mol. The van der Waals surface area contributed by atoms with Crippen molar-refractivity contribution >= 4 is 16.7 Å². The first-order valence-electron chi connectivity index (χ1n) is 5.42. The fraction of sp³-hybridized carbons (Fsp3) is 0.308. The number of hydrogen-bond donors (Lipinski definition) is 1. The van der Waals surface area contributed by atoms with E-state index in [0.717, 1.165) is 10.9 Å². The number of carbonyl (C=O) groups excluding carboxylic acids is 1. The summed E-state index contributed by atoms with van der Waals surface area (Å²) in [5.74, 6) is 0.0659. The summed E-state index contributed by atoms with van der Waals surface area (Å²) in [7, 11) is 0. The molecule has 0 unspecified atom stereocenters. The molecule has 0 amide bonds. The first kappa shape index (κ1) is 12.4. The molecule has 0 fully saturated rings. The van der Waals surface area contributed by atoms with E-state index in [4.69, 9.17) is 0 Å². The average molecular weight is 221 g/mol. The molecule has 0 atom stereocenters. The number of hydrogen-bond acceptors (Lipinski definition) is 1. The fourth-order valence-corrected chi connectivity index (χ4v) is 1.29. The van der Waals surface area contributed by atoms with Gasteiger partial charge in [-0.15, -0.1) is 0 Å². The number of aromatic nitrogens is 1. The van der Waals surface area contributed by atoms with E-state index in [0.29, 0.717) is 18.6 Å². The Kier molecular flexibility index (Phi) is 4.70. The van der Waals surface area contributed by atoms with E-state index in [1.807, 2.05) is 38.1 Å². The third-order valence-corrected chi connectivity index (χ3v) is 2.29. The maximum atomic E-state index is 12.5. The highest BCUT2D eigenvalue weighted by atomic mass is 19.1. The van der Waals surface area contributed by atoms with Gasteiger partial charge in [0, 0.05) is 29.8 Å². The van der Waals surface area contributed by atoms with Crippen molar-refractivity contribution in [2.24, 2.45) is 0 Å². The van der Waals surface area contributed by atoms with Gasteiger partial charge in [0.2, 0.25) is 0 Å². The average Bonchev–Trinajstić information content (AvgIpc) is 2.68. The first-order chi connectivity index (χ1) is 7.67. The number of Topliss-reactive ketones (excluding diaryl/α,β-unsaturated/α-hetero) is 1. The van der Waals surface area contributed by atoms with E-state index >= 15 is 0 Å². The van der Waals surface area contributed by atoms with Gasteiger partial charge in [-0.3, -0.25) is 4.79 Å². The Hall–Kier alpha value is -1.64. The number of aromatic amines is 1. The number of nitrogens with one attached hydrogen (secondary N) is 1. The van der Waals surface area contributed by atoms with Gasteiger partial charge in [0.25, 0.3) is 0 Å². The fourth-order valence-electron chi connectivity index (χ4n) is 1.29. The molecule has 0 radical (unpaired) electrons. The summed E-state index contributed by atoms with van der Waals surface area (Å²) in [5.41, 5.74) is 0.847. The van der Waals surface area contributed by atoms with Crippen molar-refractivity contribution in [3.63, 3.8) is 0 Å². The Morgan fingerprint density at radius 1 is 1.25 bits per heavy atom. The minimum Gasteiger partial charge on any atom is -0.331 e. The van der Waals surface area contributed by atoms with Crippen LogP contribution in [0.3, 0.4) is 0 Å². The number of para-hydroxylation sites is 1. The molecule has 0 saturated carbocycles. The molecule has 1 heterocycles. The van der Waals surface area contributed by atoms with E-state index in [-0.39, 0.29) is 5.95 Å². The van der Waals surface area contributed by atoms with E-state index in [2.05, 4.69) is 4.98 Å². The summed E-state index contributed by atoms with van der Waals surface area (Å²) in [6, 6.07) is 8.95. The van der Waals surface area contributed by atoms with Crippen molar-refractivity contribution in [2.75, 3.05) is 0 Å². The highest BCUT2D eigenvalue weighted by Gasteiger charge is 1.95. The third kappa shape index (κ3) is 3.50. The van der Waals surface area contributed by atoms with Crippen molar-refractivity contribution in [1.29, 1.82) is 0 Å². The van der Waals surface area contributed by atoms with Crippen LogP contribution in [0.4, 0.5) is 4.39 Å². The van der Waals surface area contributed by atoms with Gasteiger partial charge >= 0.3 is 0 Å². The molecule has 0 spiro atoms. The number of benzene rings is 1. The molecule has 0 aliphatic rings. The lowest BCUT2D eigenvalue weighted by atomic mass is 10.3. The second-order valence-corrected chi connectivity index (χ2v) is 3.45. The lowest BCUT2D eigenvalue weighted by Crippen LogP contribution is -1.88. The van der Waals surface area contributed by atoms with Crippen molar-refractivity contribution < 1.29 is 9.18 Å². The smallest absolute Gasteiger partial charge is 0.192 e. The second kappa shape index (κ2) is 6.05. The van der Waals surface area contributed by atoms with E-state index < -0.39 is 0 Å². The van der Waals surface area contributed by atoms with Gasteiger partial charge in [-0.2, -0.15) is 4.39 Å². The SMILES string of the molecule is CCC(=O)CC.Fc1cc2ccccc2[nH]1. The van der Waals surface area contributed by atoms with Crippen molar-refractivity contribution in [3.05, 3.63) is 36.3 Å². The number of halogens is 1. The quantitative estimate of drug-likeness (QED) is 0.824. The summed E-state index contributed by atoms with van der Waals surface area (Å²) < 4.78 is 12.5. The predicted molar refractivity (Wildman–Crippen MR) is 63.8 cm³/mol. The molecule has 0 aliphatic heterocycles. The number of ketones is 1. The summed E-state index contributed by atoms with van der Waals surface area (Å²) in [6.07, 6.45) is 1.38. The van der Waals surface area contributed by atoms with Crippen LogP contribution in [-0.2, 0) is 4.79 Å². The van der Waals surface area contributed by atoms with Crippen LogP contribution in [0, 0.1) is 5.95 Å². The summed E-state index contributed by atoms with van der Waals surface area (Å²) in [5, 5.41) is 0.917. The molecule has 2 aromatic rings. The van der Waals surface area contributed by atoms with Gasteiger partial charge in [-0.05, 0) is 6.07 Å². The molecule has 2 nitrogen and oxygen atoms in total. The Labute approximate surface area is 94.5 Å². The predicted octanol–water partition coefficient (Wildman–Crippen LogP) is 3.68. The van der Waals surface area contributed by atoms with E-state index in [1.165, 1.54) is 6.07 Å². The minimum absolute atomic E-state index is 0.277. The molecule has 0 saturated heterocycles. The Morgan fingerprint density at radius 3 is 2.38 bits per heavy atom. The monoisotopic (exact) mass is 221 g/mol. The molecular formula is C13H16FNO. The minimum atomic E-state index is -0.277. The highest BCUT2D eigenvalue weighted by molar-refractivity contribution is 5.79. The van der Waals surface area contributed by atoms with Crippen LogP contribution in [-0.4, -0.2) is 10.8 Å². The van der Waals surface area contributed by atoms with Crippen LogP contribution in [0.2, 0.25) is 0 Å². The van der Waals surface area contributed by atoms with Crippen LogP contribution >= 0.6 is 0 Å². The standard InChI is InChI=1S/C8H6FN.C5H10O/c9-8-5-6-3-1-2-4-7(6)10-8;1-3-5(6)4-2/h1-5,10H;3-4H2,1-2H3. The number of rotatable bonds is 2. The third-order valence-electron chi connectivity index (χ3n) is 2.29. The highest BCUT2D eigenvalue weighted by Crippen LogP contribution is 2.12. The molecule has 2 rings (SSSR count). The van der Waals surface area contributed by atoms with Crippen molar-refractivity contribution in [3.8, 4) is 0 Å². The topological polar surface area (TPSA) is 32.9 Å². The maximum Gasteiger partial charge on any atom is 0.192 e. The zero-order valence-electron chi connectivity index (χ0n) is 9.59. The Bertz CT molecular complexity index is 423. The van der Waals surface area contributed by atoms with Crippen LogP contribution in [0.5, 0.6) is 0 Å². The van der Waals surface area contributed by atoms with E-state index in [9.17, 15) is 9.18 Å². The largest absolute Gasteiger partial charge is 0.331 e. The van der Waals surface area contributed by atoms with Crippen LogP contribution in [0.15, 0.2) is 30.3 Å². The zero-order chi connectivity index (χ0) is 12.0. The summed E-state index contributed by atoms with van der Waals surface area (Å²) >= 11 is 0. The molecule has 0 bridgehead atoms. The Balaban J connectivity index is 0.000000187. The van der Waals surface area contributed by atoms with Gasteiger partial charge in [0.1, 0.15) is 5.78 Å². The van der Waals surface area contributed by atoms with Crippen molar-refractivity contribution in [1.82, 2.24) is 4.98 Å². The van der Waals surface area contributed by atoms with Crippen LogP contribution in [0.1, 0.15) is 26.7 Å².